The molecule has 0 bridgehead atoms. The normalized spacial score (nSPS) is 17.7. The van der Waals surface area contributed by atoms with Gasteiger partial charge in [-0.25, -0.2) is 29.2 Å². The summed E-state index contributed by atoms with van der Waals surface area (Å²) in [6.45, 7) is 1.90. The zero-order valence-corrected chi connectivity index (χ0v) is 57.5. The summed E-state index contributed by atoms with van der Waals surface area (Å²) in [5.74, 6) is -9.04. The highest BCUT2D eigenvalue weighted by Crippen LogP contribution is 2.57. The SMILES string of the molecule is Cc1cccc2cc3c(cc12)-c1c(c(-c2ccccc2)cn1S(=O)(=O)c1cccc(-c2ccc(C4=CN(S(=O)(=O)c5cccc(-c6ccc(C7=CN(S(=O)(=O)c8ccccc8)C8c9cc%10ccccc%10c(O)c9C(=O)C(=O)C78)cc6)c5)C5c6c(cc7ccccc7c6O)C(=O)C(=O)C45)cc2)c1)C(=O)C3=O. The summed E-state index contributed by atoms with van der Waals surface area (Å²) >= 11 is 0. The number of carbonyl (C=O) groups excluding carboxylic acids is 6. The van der Waals surface area contributed by atoms with Crippen molar-refractivity contribution in [2.75, 3.05) is 0 Å². The van der Waals surface area contributed by atoms with Crippen LogP contribution in [0.2, 0.25) is 0 Å². The van der Waals surface area contributed by atoms with Crippen molar-refractivity contribution in [3.8, 4) is 56.1 Å². The number of hydrogen-bond donors (Lipinski definition) is 2. The lowest BCUT2D eigenvalue weighted by atomic mass is 9.74. The summed E-state index contributed by atoms with van der Waals surface area (Å²) in [6.07, 6.45) is 4.03. The fraction of sp³-hybridized carbons (Fsp3) is 0.0588. The van der Waals surface area contributed by atoms with E-state index in [-0.39, 0.29) is 76.0 Å². The third kappa shape index (κ3) is 9.59. The number of carbonyl (C=O) groups is 6. The number of Topliss-reactive ketones (excluding diaryl/α,β-unsaturated/α-hetero) is 6. The van der Waals surface area contributed by atoms with E-state index in [4.69, 9.17) is 0 Å². The number of fused-ring (bicyclic) bond motifs is 12. The van der Waals surface area contributed by atoms with Crippen molar-refractivity contribution in [2.45, 2.75) is 33.7 Å². The van der Waals surface area contributed by atoms with Crippen molar-refractivity contribution in [1.82, 2.24) is 12.6 Å². The van der Waals surface area contributed by atoms with Gasteiger partial charge in [-0.1, -0.05) is 188 Å². The zero-order chi connectivity index (χ0) is 72.4. The Morgan fingerprint density at radius 3 is 1.44 bits per heavy atom. The highest BCUT2D eigenvalue weighted by molar-refractivity contribution is 7.90. The molecular formula is C85H53N3O14S3. The second kappa shape index (κ2) is 23.4. The third-order valence-electron chi connectivity index (χ3n) is 21.0. The van der Waals surface area contributed by atoms with Crippen LogP contribution in [0.4, 0.5) is 0 Å². The molecule has 0 saturated carbocycles. The van der Waals surface area contributed by atoms with Gasteiger partial charge in [0.1, 0.15) is 11.5 Å². The van der Waals surface area contributed by atoms with Crippen molar-refractivity contribution >= 4 is 108 Å². The summed E-state index contributed by atoms with van der Waals surface area (Å²) in [7, 11) is -13.8. The molecule has 13 aromatic rings. The highest BCUT2D eigenvalue weighted by atomic mass is 32.2. The number of benzene rings is 12. The van der Waals surface area contributed by atoms with Crippen molar-refractivity contribution < 1.29 is 64.2 Å². The number of aryl methyl sites for hydroxylation is 1. The first-order valence-corrected chi connectivity index (χ1v) is 37.7. The first-order chi connectivity index (χ1) is 50.6. The van der Waals surface area contributed by atoms with Gasteiger partial charge in [-0.15, -0.1) is 0 Å². The van der Waals surface area contributed by atoms with Crippen molar-refractivity contribution in [3.63, 3.8) is 0 Å². The van der Waals surface area contributed by atoms with Crippen LogP contribution in [-0.2, 0) is 39.7 Å². The van der Waals surface area contributed by atoms with Crippen LogP contribution in [0.3, 0.4) is 0 Å². The molecule has 2 aliphatic heterocycles. The Bertz CT molecular complexity index is 6590. The van der Waals surface area contributed by atoms with Gasteiger partial charge >= 0.3 is 0 Å². The van der Waals surface area contributed by atoms with E-state index in [1.165, 1.54) is 67.1 Å². The molecule has 4 atom stereocenters. The van der Waals surface area contributed by atoms with Gasteiger partial charge in [-0.2, -0.15) is 0 Å². The number of rotatable bonds is 11. The maximum Gasteiger partial charge on any atom is 0.268 e. The number of hydrogen-bond acceptors (Lipinski definition) is 14. The fourth-order valence-corrected chi connectivity index (χ4v) is 20.5. The van der Waals surface area contributed by atoms with Crippen LogP contribution in [0.15, 0.2) is 282 Å². The minimum absolute atomic E-state index is 0.0439. The Balaban J connectivity index is 0.702. The zero-order valence-electron chi connectivity index (χ0n) is 55.1. The molecule has 18 rings (SSSR count). The predicted octanol–water partition coefficient (Wildman–Crippen LogP) is 15.3. The predicted molar refractivity (Wildman–Crippen MR) is 395 cm³/mol. The van der Waals surface area contributed by atoms with Crippen LogP contribution in [0, 0.1) is 18.8 Å². The van der Waals surface area contributed by atoms with E-state index >= 15 is 16.8 Å². The number of aromatic nitrogens is 1. The van der Waals surface area contributed by atoms with E-state index in [0.717, 1.165) is 23.5 Å². The number of sulfonamides is 2. The van der Waals surface area contributed by atoms with Gasteiger partial charge in [0.2, 0.25) is 34.7 Å². The summed E-state index contributed by atoms with van der Waals surface area (Å²) in [5.41, 5.74) is 4.44. The van der Waals surface area contributed by atoms with E-state index in [9.17, 15) is 47.4 Å². The van der Waals surface area contributed by atoms with Crippen LogP contribution >= 0.6 is 0 Å². The smallest absolute Gasteiger partial charge is 0.268 e. The Kier molecular flexibility index (Phi) is 14.3. The first-order valence-electron chi connectivity index (χ1n) is 33.4. The van der Waals surface area contributed by atoms with Gasteiger partial charge in [0.05, 0.1) is 55.4 Å². The van der Waals surface area contributed by atoms with Crippen LogP contribution < -0.4 is 0 Å². The third-order valence-corrected chi connectivity index (χ3v) is 26.2. The molecule has 510 valence electrons. The number of phenols is 2. The van der Waals surface area contributed by atoms with Gasteiger partial charge in [0.25, 0.3) is 30.1 Å². The number of aromatic hydroxyl groups is 2. The van der Waals surface area contributed by atoms with Crippen LogP contribution in [-0.4, -0.2) is 82.7 Å². The number of ketones is 6. The van der Waals surface area contributed by atoms with Gasteiger partial charge < -0.3 is 10.2 Å². The highest BCUT2D eigenvalue weighted by Gasteiger charge is 2.55. The molecule has 5 aliphatic rings. The van der Waals surface area contributed by atoms with E-state index in [0.29, 0.717) is 65.9 Å². The van der Waals surface area contributed by atoms with Crippen LogP contribution in [0.5, 0.6) is 11.5 Å². The second-order valence-electron chi connectivity index (χ2n) is 26.7. The van der Waals surface area contributed by atoms with Crippen LogP contribution in [0.1, 0.15) is 81.3 Å². The maximum absolute atomic E-state index is 15.8. The van der Waals surface area contributed by atoms with Crippen molar-refractivity contribution in [3.05, 3.63) is 317 Å². The molecule has 0 fully saturated rings. The standard InChI is InChI=1S/C85H53N3O14S3/c1-46-15-12-22-56-39-64-63(42-62(46)56)75-71(82(93)80(64)91)67(49-16-4-2-5-17-49)43-86(75)104(99,100)58-25-13-20-52(37-58)48-31-35-51(36-32-48)69-45-88(77-70-66(81(92)83(94)73(69)77)41-55-19-9-10-27-60(55)78(70)89)105(101,102)59-26-14-21-53(38-59)47-29-33-50(34-30-47)68-44-87(103(97,98)57-23-6-3-7-24-57)76-65-40-54-18-8-11-28-61(54)79(90)74(65)85(96)84(95)72(68)76/h2-45,72-73,76-77,89-90H,1H3. The maximum atomic E-state index is 15.8. The minimum atomic E-state index is -4.78. The summed E-state index contributed by atoms with van der Waals surface area (Å²) in [6, 6.07) is 64.4. The molecule has 1 aromatic heterocycles. The minimum Gasteiger partial charge on any atom is -0.507 e. The molecule has 20 heteroatoms. The molecule has 105 heavy (non-hydrogen) atoms. The Labute approximate surface area is 600 Å². The van der Waals surface area contributed by atoms with Crippen molar-refractivity contribution in [1.29, 1.82) is 0 Å². The topological polar surface area (TPSA) is 257 Å². The Morgan fingerprint density at radius 2 is 0.810 bits per heavy atom. The van der Waals surface area contributed by atoms with Gasteiger partial charge in [-0.05, 0) is 150 Å². The van der Waals surface area contributed by atoms with E-state index in [1.807, 2.05) is 25.1 Å². The van der Waals surface area contributed by atoms with Gasteiger partial charge in [0.15, 0.2) is 0 Å². The lowest BCUT2D eigenvalue weighted by Gasteiger charge is -2.34. The first kappa shape index (κ1) is 64.4. The monoisotopic (exact) mass is 1440 g/mol. The molecule has 0 spiro atoms. The molecule has 2 N–H and O–H groups in total. The Hall–Kier alpha value is -12.8. The fourth-order valence-electron chi connectivity index (χ4n) is 16.0. The molecule has 4 unspecified atom stereocenters. The quantitative estimate of drug-likeness (QED) is 0.114. The summed E-state index contributed by atoms with van der Waals surface area (Å²) in [4.78, 5) is 86.2. The van der Waals surface area contributed by atoms with E-state index in [1.54, 1.807) is 182 Å². The number of nitrogens with zero attached hydrogens (tertiary/aromatic N) is 3. The molecule has 0 saturated heterocycles. The number of phenolic OH excluding ortho intramolecular Hbond substituents is 2. The molecule has 0 amide bonds. The average Bonchev–Trinajstić information content (AvgIpc) is 1.60. The Morgan fingerprint density at radius 1 is 0.343 bits per heavy atom. The lowest BCUT2D eigenvalue weighted by Crippen LogP contribution is -2.40. The van der Waals surface area contributed by atoms with E-state index < -0.39 is 100 Å². The van der Waals surface area contributed by atoms with Crippen LogP contribution in [0.25, 0.3) is 88.1 Å². The molecule has 17 nitrogen and oxygen atoms in total. The van der Waals surface area contributed by atoms with Gasteiger partial charge in [-0.3, -0.25) is 37.4 Å². The molecular weight excluding hydrogens is 1380 g/mol. The molecule has 3 aliphatic carbocycles. The van der Waals surface area contributed by atoms with E-state index in [2.05, 4.69) is 0 Å². The molecule has 0 radical (unpaired) electrons. The largest absolute Gasteiger partial charge is 0.507 e. The summed E-state index contributed by atoms with van der Waals surface area (Å²) < 4.78 is 95.0. The lowest BCUT2D eigenvalue weighted by molar-refractivity contribution is -0.119. The second-order valence-corrected chi connectivity index (χ2v) is 32.2. The summed E-state index contributed by atoms with van der Waals surface area (Å²) in [5, 5.41) is 27.0. The average molecular weight is 1440 g/mol. The van der Waals surface area contributed by atoms with Crippen molar-refractivity contribution in [2.24, 2.45) is 11.8 Å². The molecule has 12 aromatic carbocycles. The molecule has 3 heterocycles. The van der Waals surface area contributed by atoms with Gasteiger partial charge in [0, 0.05) is 57.2 Å².